The number of alkyl halides is 1. The number of rotatable bonds is 3. The zero-order valence-electron chi connectivity index (χ0n) is 11.2. The molecule has 3 heteroatoms. The van der Waals surface area contributed by atoms with Crippen molar-refractivity contribution in [3.05, 3.63) is 34.9 Å². The Morgan fingerprint density at radius 2 is 2.17 bits per heavy atom. The predicted octanol–water partition coefficient (Wildman–Crippen LogP) is 3.84. The molecule has 1 N–H and O–H groups in total. The zero-order chi connectivity index (χ0) is 13.3. The molecule has 1 aromatic carbocycles. The van der Waals surface area contributed by atoms with Crippen LogP contribution in [0.3, 0.4) is 0 Å². The molecule has 1 aromatic rings. The third kappa shape index (κ3) is 2.46. The Bertz CT molecular complexity index is 468. The second-order valence-electron chi connectivity index (χ2n) is 5.63. The molecule has 0 spiro atoms. The van der Waals surface area contributed by atoms with E-state index in [1.54, 1.807) is 0 Å². The number of fused-ring (bicyclic) bond motifs is 1. The maximum absolute atomic E-state index is 11.9. The highest BCUT2D eigenvalue weighted by Crippen LogP contribution is 2.43. The standard InChI is InChI=1S/C15H20BrNO/c1-4-15(2,3)13(16)11-6-5-10-7-8-17-14(18)12(10)9-11/h5-6,9,13H,4,7-8H2,1-3H3,(H,17,18). The smallest absolute Gasteiger partial charge is 0.251 e. The Kier molecular flexibility index (Phi) is 3.81. The van der Waals surface area contributed by atoms with Crippen LogP contribution in [0.4, 0.5) is 0 Å². The first-order valence-corrected chi connectivity index (χ1v) is 7.42. The van der Waals surface area contributed by atoms with Crippen LogP contribution in [0, 0.1) is 5.41 Å². The largest absolute Gasteiger partial charge is 0.352 e. The Labute approximate surface area is 117 Å². The molecule has 2 nitrogen and oxygen atoms in total. The molecule has 18 heavy (non-hydrogen) atoms. The molecule has 1 amide bonds. The lowest BCUT2D eigenvalue weighted by Gasteiger charge is -2.30. The van der Waals surface area contributed by atoms with Crippen molar-refractivity contribution in [2.45, 2.75) is 38.4 Å². The van der Waals surface area contributed by atoms with Crippen LogP contribution >= 0.6 is 15.9 Å². The molecule has 0 saturated heterocycles. The molecular formula is C15H20BrNO. The van der Waals surface area contributed by atoms with Gasteiger partial charge in [-0.05, 0) is 35.4 Å². The van der Waals surface area contributed by atoms with Gasteiger partial charge in [0.1, 0.15) is 0 Å². The first-order chi connectivity index (χ1) is 8.45. The molecule has 0 saturated carbocycles. The lowest BCUT2D eigenvalue weighted by Crippen LogP contribution is -2.32. The van der Waals surface area contributed by atoms with Crippen molar-refractivity contribution in [3.63, 3.8) is 0 Å². The molecule has 1 aliphatic rings. The van der Waals surface area contributed by atoms with Crippen LogP contribution in [0.5, 0.6) is 0 Å². The Hall–Kier alpha value is -0.830. The monoisotopic (exact) mass is 309 g/mol. The number of benzene rings is 1. The number of nitrogens with one attached hydrogen (secondary N) is 1. The minimum Gasteiger partial charge on any atom is -0.352 e. The SMILES string of the molecule is CCC(C)(C)C(Br)c1ccc2c(c1)C(=O)NCC2. The van der Waals surface area contributed by atoms with Gasteiger partial charge in [-0.3, -0.25) is 4.79 Å². The quantitative estimate of drug-likeness (QED) is 0.844. The molecule has 98 valence electrons. The number of halogens is 1. The van der Waals surface area contributed by atoms with E-state index >= 15 is 0 Å². The van der Waals surface area contributed by atoms with E-state index in [2.05, 4.69) is 54.2 Å². The van der Waals surface area contributed by atoms with Crippen molar-refractivity contribution in [1.82, 2.24) is 5.32 Å². The van der Waals surface area contributed by atoms with E-state index < -0.39 is 0 Å². The molecule has 1 unspecified atom stereocenters. The number of carbonyl (C=O) groups excluding carboxylic acids is 1. The minimum atomic E-state index is 0.0621. The fourth-order valence-corrected chi connectivity index (χ4v) is 2.83. The molecule has 1 atom stereocenters. The molecule has 1 heterocycles. The maximum atomic E-state index is 11.9. The van der Waals surface area contributed by atoms with Crippen LogP contribution in [-0.4, -0.2) is 12.5 Å². The summed E-state index contributed by atoms with van der Waals surface area (Å²) in [5.41, 5.74) is 3.38. The number of carbonyl (C=O) groups is 1. The van der Waals surface area contributed by atoms with Gasteiger partial charge in [0.2, 0.25) is 0 Å². The molecule has 0 aliphatic carbocycles. The van der Waals surface area contributed by atoms with Crippen LogP contribution < -0.4 is 5.32 Å². The van der Waals surface area contributed by atoms with Gasteiger partial charge in [-0.1, -0.05) is 48.8 Å². The third-order valence-corrected chi connectivity index (χ3v) is 5.72. The first kappa shape index (κ1) is 13.6. The highest BCUT2D eigenvalue weighted by Gasteiger charge is 2.28. The highest BCUT2D eigenvalue weighted by molar-refractivity contribution is 9.09. The summed E-state index contributed by atoms with van der Waals surface area (Å²) in [5.74, 6) is 0.0621. The molecule has 0 bridgehead atoms. The van der Waals surface area contributed by atoms with Gasteiger partial charge in [0.05, 0.1) is 0 Å². The summed E-state index contributed by atoms with van der Waals surface area (Å²) in [6.45, 7) is 7.43. The van der Waals surface area contributed by atoms with Gasteiger partial charge in [-0.25, -0.2) is 0 Å². The van der Waals surface area contributed by atoms with Crippen molar-refractivity contribution in [2.75, 3.05) is 6.54 Å². The Balaban J connectivity index is 2.36. The van der Waals surface area contributed by atoms with Gasteiger partial charge >= 0.3 is 0 Å². The van der Waals surface area contributed by atoms with Crippen LogP contribution in [0.15, 0.2) is 18.2 Å². The normalized spacial score (nSPS) is 17.0. The van der Waals surface area contributed by atoms with Gasteiger partial charge in [-0.15, -0.1) is 0 Å². The predicted molar refractivity (Wildman–Crippen MR) is 78.2 cm³/mol. The highest BCUT2D eigenvalue weighted by atomic mass is 79.9. The Morgan fingerprint density at radius 1 is 1.44 bits per heavy atom. The minimum absolute atomic E-state index is 0.0621. The van der Waals surface area contributed by atoms with Gasteiger partial charge in [0.15, 0.2) is 0 Å². The van der Waals surface area contributed by atoms with Crippen molar-refractivity contribution >= 4 is 21.8 Å². The maximum Gasteiger partial charge on any atom is 0.251 e. The zero-order valence-corrected chi connectivity index (χ0v) is 12.8. The number of hydrogen-bond acceptors (Lipinski definition) is 1. The molecule has 0 fully saturated rings. The Morgan fingerprint density at radius 3 is 2.83 bits per heavy atom. The number of hydrogen-bond donors (Lipinski definition) is 1. The van der Waals surface area contributed by atoms with E-state index in [4.69, 9.17) is 0 Å². The van der Waals surface area contributed by atoms with Gasteiger partial charge in [0, 0.05) is 16.9 Å². The van der Waals surface area contributed by atoms with E-state index in [0.29, 0.717) is 0 Å². The van der Waals surface area contributed by atoms with Crippen molar-refractivity contribution in [3.8, 4) is 0 Å². The first-order valence-electron chi connectivity index (χ1n) is 6.51. The fraction of sp³-hybridized carbons (Fsp3) is 0.533. The van der Waals surface area contributed by atoms with Crippen LogP contribution in [0.2, 0.25) is 0 Å². The topological polar surface area (TPSA) is 29.1 Å². The van der Waals surface area contributed by atoms with Crippen LogP contribution in [0.1, 0.15) is 53.5 Å². The fourth-order valence-electron chi connectivity index (χ4n) is 2.22. The van der Waals surface area contributed by atoms with E-state index in [0.717, 1.165) is 30.5 Å². The summed E-state index contributed by atoms with van der Waals surface area (Å²) in [6, 6.07) is 6.29. The lowest BCUT2D eigenvalue weighted by atomic mass is 9.82. The summed E-state index contributed by atoms with van der Waals surface area (Å²) in [4.78, 5) is 12.1. The molecule has 2 rings (SSSR count). The lowest BCUT2D eigenvalue weighted by molar-refractivity contribution is 0.0946. The number of amides is 1. The molecule has 0 aromatic heterocycles. The second kappa shape index (κ2) is 5.04. The summed E-state index contributed by atoms with van der Waals surface area (Å²) in [7, 11) is 0. The molecule has 1 aliphatic heterocycles. The second-order valence-corrected chi connectivity index (χ2v) is 6.54. The van der Waals surface area contributed by atoms with Crippen molar-refractivity contribution in [2.24, 2.45) is 5.41 Å². The van der Waals surface area contributed by atoms with E-state index in [1.807, 2.05) is 6.07 Å². The summed E-state index contributed by atoms with van der Waals surface area (Å²) < 4.78 is 0. The summed E-state index contributed by atoms with van der Waals surface area (Å²) >= 11 is 3.78. The average molecular weight is 310 g/mol. The van der Waals surface area contributed by atoms with Gasteiger partial charge < -0.3 is 5.32 Å². The third-order valence-electron chi connectivity index (χ3n) is 3.95. The average Bonchev–Trinajstić information content (AvgIpc) is 2.38. The van der Waals surface area contributed by atoms with Gasteiger partial charge in [-0.2, -0.15) is 0 Å². The van der Waals surface area contributed by atoms with Crippen LogP contribution in [0.25, 0.3) is 0 Å². The summed E-state index contributed by atoms with van der Waals surface area (Å²) in [6.07, 6.45) is 2.03. The van der Waals surface area contributed by atoms with Crippen LogP contribution in [-0.2, 0) is 6.42 Å². The van der Waals surface area contributed by atoms with E-state index in [1.165, 1.54) is 5.56 Å². The molecule has 0 radical (unpaired) electrons. The summed E-state index contributed by atoms with van der Waals surface area (Å²) in [5, 5.41) is 2.90. The van der Waals surface area contributed by atoms with E-state index in [-0.39, 0.29) is 16.1 Å². The van der Waals surface area contributed by atoms with Gasteiger partial charge in [0.25, 0.3) is 5.91 Å². The molecular weight excluding hydrogens is 290 g/mol. The van der Waals surface area contributed by atoms with Crippen molar-refractivity contribution in [1.29, 1.82) is 0 Å². The van der Waals surface area contributed by atoms with E-state index in [9.17, 15) is 4.79 Å². The van der Waals surface area contributed by atoms with Crippen molar-refractivity contribution < 1.29 is 4.79 Å².